The molecule has 0 radical (unpaired) electrons. The Balaban J connectivity index is 1.23. The van der Waals surface area contributed by atoms with E-state index in [9.17, 15) is 4.79 Å². The van der Waals surface area contributed by atoms with Crippen LogP contribution in [0.25, 0.3) is 22.4 Å². The molecular formula is C24H18Cl2N4O. The van der Waals surface area contributed by atoms with Gasteiger partial charge in [0.25, 0.3) is 5.91 Å². The van der Waals surface area contributed by atoms with Crippen molar-refractivity contribution in [3.63, 3.8) is 0 Å². The molecule has 5 rings (SSSR count). The fraction of sp³-hybridized carbons (Fsp3) is 0.125. The standard InChI is InChI=1S/C24H18Cl2N4O/c25-21-11-10-19(12-22(21)26)16-6-8-18(9-7-16)24(31)29-13-20(14-29)30-15-23(27-28-30)17-4-2-1-3-5-17/h1-12,15,20H,13-14H2. The highest BCUT2D eigenvalue weighted by atomic mass is 35.5. The minimum absolute atomic E-state index is 0.0142. The van der Waals surface area contributed by atoms with Gasteiger partial charge in [-0.25, -0.2) is 4.68 Å². The Morgan fingerprint density at radius 2 is 1.55 bits per heavy atom. The van der Waals surface area contributed by atoms with Crippen molar-refractivity contribution in [2.75, 3.05) is 13.1 Å². The number of hydrogen-bond acceptors (Lipinski definition) is 3. The second-order valence-electron chi connectivity index (χ2n) is 7.52. The summed E-state index contributed by atoms with van der Waals surface area (Å²) in [6, 6.07) is 23.1. The van der Waals surface area contributed by atoms with Crippen molar-refractivity contribution in [1.82, 2.24) is 19.9 Å². The van der Waals surface area contributed by atoms with Crippen LogP contribution in [-0.4, -0.2) is 38.9 Å². The van der Waals surface area contributed by atoms with Crippen molar-refractivity contribution in [3.8, 4) is 22.4 Å². The van der Waals surface area contributed by atoms with Crippen LogP contribution in [0, 0.1) is 0 Å². The Labute approximate surface area is 189 Å². The molecule has 2 heterocycles. The molecule has 3 aromatic carbocycles. The molecule has 7 heteroatoms. The third-order valence-corrected chi connectivity index (χ3v) is 6.23. The third kappa shape index (κ3) is 3.94. The number of nitrogens with zero attached hydrogens (tertiary/aromatic N) is 4. The van der Waals surface area contributed by atoms with Gasteiger partial charge in [-0.2, -0.15) is 0 Å². The van der Waals surface area contributed by atoms with Gasteiger partial charge in [-0.1, -0.05) is 76.9 Å². The lowest BCUT2D eigenvalue weighted by Gasteiger charge is -2.38. The molecule has 0 saturated carbocycles. The first kappa shape index (κ1) is 19.8. The number of benzene rings is 3. The number of rotatable bonds is 4. The number of carbonyl (C=O) groups is 1. The van der Waals surface area contributed by atoms with Crippen LogP contribution in [0.1, 0.15) is 16.4 Å². The molecule has 0 unspecified atom stereocenters. The summed E-state index contributed by atoms with van der Waals surface area (Å²) in [6.45, 7) is 1.23. The number of amides is 1. The van der Waals surface area contributed by atoms with E-state index in [-0.39, 0.29) is 11.9 Å². The quantitative estimate of drug-likeness (QED) is 0.407. The number of aromatic nitrogens is 3. The second kappa shape index (κ2) is 8.17. The SMILES string of the molecule is O=C(c1ccc(-c2ccc(Cl)c(Cl)c2)cc1)N1CC(n2cc(-c3ccccc3)nn2)C1. The fourth-order valence-corrected chi connectivity index (χ4v) is 3.95. The molecule has 0 atom stereocenters. The normalized spacial score (nSPS) is 13.8. The zero-order valence-electron chi connectivity index (χ0n) is 16.5. The molecule has 1 aliphatic heterocycles. The minimum Gasteiger partial charge on any atom is -0.334 e. The lowest BCUT2D eigenvalue weighted by molar-refractivity contribution is 0.0498. The first-order chi connectivity index (χ1) is 15.1. The van der Waals surface area contributed by atoms with Crippen molar-refractivity contribution in [2.45, 2.75) is 6.04 Å². The molecule has 1 fully saturated rings. The maximum Gasteiger partial charge on any atom is 0.253 e. The predicted molar refractivity (Wildman–Crippen MR) is 122 cm³/mol. The van der Waals surface area contributed by atoms with Crippen LogP contribution < -0.4 is 0 Å². The van der Waals surface area contributed by atoms with E-state index in [0.717, 1.165) is 22.4 Å². The molecule has 0 spiro atoms. The average molecular weight is 449 g/mol. The molecule has 0 N–H and O–H groups in total. The molecule has 154 valence electrons. The van der Waals surface area contributed by atoms with Crippen molar-refractivity contribution in [1.29, 1.82) is 0 Å². The lowest BCUT2D eigenvalue weighted by Crippen LogP contribution is -2.50. The van der Waals surface area contributed by atoms with Crippen LogP contribution in [0.2, 0.25) is 10.0 Å². The molecule has 1 aromatic heterocycles. The molecule has 1 aliphatic rings. The monoisotopic (exact) mass is 448 g/mol. The van der Waals surface area contributed by atoms with Gasteiger partial charge in [-0.05, 0) is 35.4 Å². The molecular weight excluding hydrogens is 431 g/mol. The molecule has 1 saturated heterocycles. The van der Waals surface area contributed by atoms with Gasteiger partial charge < -0.3 is 4.90 Å². The number of hydrogen-bond donors (Lipinski definition) is 0. The summed E-state index contributed by atoms with van der Waals surface area (Å²) in [5.74, 6) is 0.0142. The van der Waals surface area contributed by atoms with E-state index < -0.39 is 0 Å². The van der Waals surface area contributed by atoms with Gasteiger partial charge in [0.15, 0.2) is 0 Å². The van der Waals surface area contributed by atoms with Gasteiger partial charge in [-0.3, -0.25) is 4.79 Å². The van der Waals surface area contributed by atoms with Crippen LogP contribution >= 0.6 is 23.2 Å². The van der Waals surface area contributed by atoms with Crippen molar-refractivity contribution in [3.05, 3.63) is 94.6 Å². The highest BCUT2D eigenvalue weighted by Crippen LogP contribution is 2.29. The molecule has 31 heavy (non-hydrogen) atoms. The smallest absolute Gasteiger partial charge is 0.253 e. The average Bonchev–Trinajstić information content (AvgIpc) is 3.25. The maximum atomic E-state index is 12.8. The Bertz CT molecular complexity index is 1230. The Kier molecular flexibility index (Phi) is 5.22. The van der Waals surface area contributed by atoms with Crippen LogP contribution in [0.15, 0.2) is 79.0 Å². The van der Waals surface area contributed by atoms with Gasteiger partial charge in [0.05, 0.1) is 22.3 Å². The highest BCUT2D eigenvalue weighted by Gasteiger charge is 2.33. The third-order valence-electron chi connectivity index (χ3n) is 5.49. The fourth-order valence-electron chi connectivity index (χ4n) is 3.65. The van der Waals surface area contributed by atoms with E-state index in [2.05, 4.69) is 10.3 Å². The Morgan fingerprint density at radius 3 is 2.26 bits per heavy atom. The van der Waals surface area contributed by atoms with Crippen molar-refractivity contribution in [2.24, 2.45) is 0 Å². The maximum absolute atomic E-state index is 12.8. The van der Waals surface area contributed by atoms with Crippen molar-refractivity contribution < 1.29 is 4.79 Å². The van der Waals surface area contributed by atoms with Gasteiger partial charge in [0.1, 0.15) is 5.69 Å². The zero-order chi connectivity index (χ0) is 21.4. The zero-order valence-corrected chi connectivity index (χ0v) is 18.0. The Hall–Kier alpha value is -3.15. The summed E-state index contributed by atoms with van der Waals surface area (Å²) in [7, 11) is 0. The van der Waals surface area contributed by atoms with Crippen LogP contribution in [0.3, 0.4) is 0 Å². The molecule has 0 bridgehead atoms. The summed E-state index contributed by atoms with van der Waals surface area (Å²) in [6.07, 6.45) is 1.94. The van der Waals surface area contributed by atoms with Gasteiger partial charge >= 0.3 is 0 Å². The number of carbonyl (C=O) groups excluding carboxylic acids is 1. The molecule has 0 aliphatic carbocycles. The van der Waals surface area contributed by atoms with Gasteiger partial charge in [-0.15, -0.1) is 5.10 Å². The van der Waals surface area contributed by atoms with E-state index in [4.69, 9.17) is 23.2 Å². The van der Waals surface area contributed by atoms with Crippen LogP contribution in [0.4, 0.5) is 0 Å². The van der Waals surface area contributed by atoms with E-state index in [1.165, 1.54) is 0 Å². The first-order valence-corrected chi connectivity index (χ1v) is 10.7. The molecule has 5 nitrogen and oxygen atoms in total. The summed E-state index contributed by atoms with van der Waals surface area (Å²) < 4.78 is 1.85. The van der Waals surface area contributed by atoms with E-state index in [1.807, 2.05) is 82.5 Å². The first-order valence-electron chi connectivity index (χ1n) is 9.90. The van der Waals surface area contributed by atoms with E-state index in [0.29, 0.717) is 28.7 Å². The van der Waals surface area contributed by atoms with Crippen molar-refractivity contribution >= 4 is 29.1 Å². The van der Waals surface area contributed by atoms with E-state index in [1.54, 1.807) is 6.07 Å². The van der Waals surface area contributed by atoms with Crippen LogP contribution in [-0.2, 0) is 0 Å². The molecule has 1 amide bonds. The summed E-state index contributed by atoms with van der Waals surface area (Å²) >= 11 is 12.1. The minimum atomic E-state index is 0.0142. The van der Waals surface area contributed by atoms with E-state index >= 15 is 0 Å². The number of likely N-dealkylation sites (tertiary alicyclic amines) is 1. The molecule has 4 aromatic rings. The largest absolute Gasteiger partial charge is 0.334 e. The second-order valence-corrected chi connectivity index (χ2v) is 8.33. The Morgan fingerprint density at radius 1 is 0.839 bits per heavy atom. The summed E-state index contributed by atoms with van der Waals surface area (Å²) in [5, 5.41) is 9.54. The number of halogens is 2. The van der Waals surface area contributed by atoms with Gasteiger partial charge in [0, 0.05) is 24.2 Å². The predicted octanol–water partition coefficient (Wildman–Crippen LogP) is 5.62. The highest BCUT2D eigenvalue weighted by molar-refractivity contribution is 6.42. The topological polar surface area (TPSA) is 51.0 Å². The van der Waals surface area contributed by atoms with Crippen LogP contribution in [0.5, 0.6) is 0 Å². The summed E-state index contributed by atoms with van der Waals surface area (Å²) in [5.41, 5.74) is 4.46. The summed E-state index contributed by atoms with van der Waals surface area (Å²) in [4.78, 5) is 14.6. The van der Waals surface area contributed by atoms with Gasteiger partial charge in [0.2, 0.25) is 0 Å². The lowest BCUT2D eigenvalue weighted by atomic mass is 10.0.